The van der Waals surface area contributed by atoms with Gasteiger partial charge in [-0.3, -0.25) is 57.1 Å². The van der Waals surface area contributed by atoms with Crippen molar-refractivity contribution in [2.24, 2.45) is 19.8 Å². The second-order valence-corrected chi connectivity index (χ2v) is 19.4. The van der Waals surface area contributed by atoms with Crippen LogP contribution in [0.2, 0.25) is 10.3 Å². The van der Waals surface area contributed by atoms with E-state index in [1.165, 1.54) is 41.4 Å². The first-order valence-electron chi connectivity index (χ1n) is 24.2. The number of alkyl halides is 1. The summed E-state index contributed by atoms with van der Waals surface area (Å²) in [4.78, 5) is 95.8. The van der Waals surface area contributed by atoms with Crippen molar-refractivity contribution in [1.82, 2.24) is 33.1 Å². The molecule has 0 bridgehead atoms. The van der Waals surface area contributed by atoms with Gasteiger partial charge in [-0.25, -0.2) is 14.4 Å². The summed E-state index contributed by atoms with van der Waals surface area (Å²) in [5, 5.41) is 39.0. The van der Waals surface area contributed by atoms with Gasteiger partial charge in [-0.1, -0.05) is 124 Å². The Morgan fingerprint density at radius 3 is 1.48 bits per heavy atom. The van der Waals surface area contributed by atoms with Gasteiger partial charge in [0, 0.05) is 67.9 Å². The van der Waals surface area contributed by atoms with Crippen LogP contribution in [0.5, 0.6) is 0 Å². The molecule has 4 aromatic carbocycles. The summed E-state index contributed by atoms with van der Waals surface area (Å²) in [5.74, 6) is -0.209. The Kier molecular flexibility index (Phi) is 23.5. The van der Waals surface area contributed by atoms with Gasteiger partial charge in [0.15, 0.2) is 0 Å². The van der Waals surface area contributed by atoms with Crippen molar-refractivity contribution in [1.29, 1.82) is 21.0 Å². The van der Waals surface area contributed by atoms with Crippen LogP contribution in [0.1, 0.15) is 63.8 Å². The number of nitriles is 4. The lowest BCUT2D eigenvalue weighted by molar-refractivity contribution is -0.128. The van der Waals surface area contributed by atoms with Gasteiger partial charge in [0.1, 0.15) is 16.1 Å². The second-order valence-electron chi connectivity index (χ2n) is 17.6. The number of carbonyl (C=O) groups is 2. The predicted octanol–water partition coefficient (Wildman–Crippen LogP) is 5.23. The Labute approximate surface area is 485 Å². The molecule has 81 heavy (non-hydrogen) atoms. The maximum absolute atomic E-state index is 12.7. The molecule has 0 spiro atoms. The van der Waals surface area contributed by atoms with E-state index in [1.807, 2.05) is 47.4 Å². The molecular formula is C56H49BrCl3N13O8. The highest BCUT2D eigenvalue weighted by Gasteiger charge is 2.22. The van der Waals surface area contributed by atoms with Gasteiger partial charge in [-0.05, 0) is 59.4 Å². The van der Waals surface area contributed by atoms with Crippen molar-refractivity contribution in [2.45, 2.75) is 50.3 Å². The Morgan fingerprint density at radius 2 is 1.04 bits per heavy atom. The molecule has 9 rings (SSSR count). The van der Waals surface area contributed by atoms with Crippen LogP contribution < -0.4 is 49.7 Å². The van der Waals surface area contributed by atoms with Crippen molar-refractivity contribution >= 4 is 68.4 Å². The number of aromatic nitrogens is 6. The number of anilines is 1. The highest BCUT2D eigenvalue weighted by molar-refractivity contribution is 9.08. The molecule has 1 saturated heterocycles. The number of H-pyrrole nitrogens is 1. The molecule has 7 aromatic rings. The molecular weight excluding hydrogens is 1170 g/mol. The maximum Gasteiger partial charge on any atom is 0.332 e. The number of rotatable bonds is 8. The SMILES string of the molecule is Cn1c(=O)cc(Cl)n(Cc2ccccc2C#N)c1=O.Cn1c(=O)cc(N2CCC[C@@H](N)C2)n(Cc2ccccc2C#N)c1=O.N#Cc1ccccc1CBr.N#Cc1ccccc1Cn1c(Cl)cc(=O)[nH]c1=O.O=C1C=C(Cl)CC(=O)N1. The van der Waals surface area contributed by atoms with E-state index in [0.29, 0.717) is 45.2 Å². The number of hydrogen-bond acceptors (Lipinski definition) is 14. The van der Waals surface area contributed by atoms with Crippen molar-refractivity contribution < 1.29 is 9.59 Å². The number of imide groups is 1. The molecule has 2 aliphatic heterocycles. The summed E-state index contributed by atoms with van der Waals surface area (Å²) in [5.41, 5.74) is 8.54. The lowest BCUT2D eigenvalue weighted by Crippen LogP contribution is -2.47. The molecule has 2 amide bonds. The number of amides is 2. The lowest BCUT2D eigenvalue weighted by atomic mass is 10.1. The Morgan fingerprint density at radius 1 is 0.605 bits per heavy atom. The monoisotopic (exact) mass is 1220 g/mol. The van der Waals surface area contributed by atoms with Crippen LogP contribution in [0.25, 0.3) is 0 Å². The fraction of sp³-hybridized carbons (Fsp3) is 0.214. The minimum Gasteiger partial charge on any atom is -0.356 e. The smallest absolute Gasteiger partial charge is 0.332 e. The predicted molar refractivity (Wildman–Crippen MR) is 309 cm³/mol. The molecule has 0 aliphatic carbocycles. The van der Waals surface area contributed by atoms with Crippen LogP contribution in [0.15, 0.2) is 155 Å². The van der Waals surface area contributed by atoms with E-state index in [1.54, 1.807) is 65.2 Å². The van der Waals surface area contributed by atoms with Crippen LogP contribution in [0.3, 0.4) is 0 Å². The van der Waals surface area contributed by atoms with Gasteiger partial charge < -0.3 is 10.6 Å². The van der Waals surface area contributed by atoms with E-state index >= 15 is 0 Å². The van der Waals surface area contributed by atoms with E-state index in [9.17, 15) is 43.6 Å². The fourth-order valence-electron chi connectivity index (χ4n) is 7.84. The molecule has 5 heterocycles. The van der Waals surface area contributed by atoms with Crippen molar-refractivity contribution in [3.8, 4) is 24.3 Å². The molecule has 1 atom stereocenters. The molecule has 25 heteroatoms. The summed E-state index contributed by atoms with van der Waals surface area (Å²) in [6.45, 7) is 1.87. The molecule has 3 aromatic heterocycles. The number of halogens is 4. The van der Waals surface area contributed by atoms with Crippen LogP contribution in [0.4, 0.5) is 5.82 Å². The van der Waals surface area contributed by atoms with Gasteiger partial charge in [0.05, 0.1) is 72.6 Å². The summed E-state index contributed by atoms with van der Waals surface area (Å²) < 4.78 is 6.05. The number of nitrogens with two attached hydrogens (primary N) is 1. The molecule has 414 valence electrons. The highest BCUT2D eigenvalue weighted by Crippen LogP contribution is 2.20. The number of aromatic amines is 1. The number of benzene rings is 4. The Balaban J connectivity index is 0.000000194. The zero-order chi connectivity index (χ0) is 59.3. The largest absolute Gasteiger partial charge is 0.356 e. The molecule has 2 aliphatic rings. The summed E-state index contributed by atoms with van der Waals surface area (Å²) in [6, 6.07) is 40.7. The third-order valence-electron chi connectivity index (χ3n) is 12.1. The molecule has 4 N–H and O–H groups in total. The van der Waals surface area contributed by atoms with Crippen molar-refractivity contribution in [3.63, 3.8) is 0 Å². The van der Waals surface area contributed by atoms with E-state index in [2.05, 4.69) is 44.4 Å². The minimum atomic E-state index is -0.597. The molecule has 1 fully saturated rings. The number of nitrogens with zero attached hydrogens (tertiary/aromatic N) is 10. The quantitative estimate of drug-likeness (QED) is 0.0997. The van der Waals surface area contributed by atoms with Crippen LogP contribution >= 0.6 is 50.7 Å². The van der Waals surface area contributed by atoms with Crippen LogP contribution in [-0.4, -0.2) is 58.8 Å². The molecule has 0 saturated carbocycles. The minimum absolute atomic E-state index is 0.0211. The summed E-state index contributed by atoms with van der Waals surface area (Å²) in [6.07, 6.45) is 3.17. The number of carbonyl (C=O) groups excluding carboxylic acids is 2. The summed E-state index contributed by atoms with van der Waals surface area (Å²) >= 11 is 20.4. The normalized spacial score (nSPS) is 13.1. The van der Waals surface area contributed by atoms with Gasteiger partial charge in [-0.15, -0.1) is 0 Å². The van der Waals surface area contributed by atoms with E-state index in [-0.39, 0.29) is 53.9 Å². The third-order valence-corrected chi connectivity index (χ3v) is 13.5. The zero-order valence-corrected chi connectivity index (χ0v) is 47.2. The molecule has 0 radical (unpaired) electrons. The second kappa shape index (κ2) is 30.3. The van der Waals surface area contributed by atoms with Crippen molar-refractivity contribution in [2.75, 3.05) is 18.0 Å². The van der Waals surface area contributed by atoms with E-state index in [4.69, 9.17) is 56.3 Å². The Hall–Kier alpha value is -9.13. The first-order valence-corrected chi connectivity index (χ1v) is 26.4. The van der Waals surface area contributed by atoms with Crippen LogP contribution in [0, 0.1) is 45.3 Å². The van der Waals surface area contributed by atoms with Gasteiger partial charge in [0.2, 0.25) is 5.91 Å². The lowest BCUT2D eigenvalue weighted by Gasteiger charge is -2.34. The topological polar surface area (TPSA) is 313 Å². The number of hydrogen-bond donors (Lipinski definition) is 3. The van der Waals surface area contributed by atoms with Crippen LogP contribution in [-0.2, 0) is 48.6 Å². The highest BCUT2D eigenvalue weighted by atomic mass is 79.9. The first-order chi connectivity index (χ1) is 38.7. The molecule has 21 nitrogen and oxygen atoms in total. The average molecular weight is 1220 g/mol. The first kappa shape index (κ1) is 62.7. The summed E-state index contributed by atoms with van der Waals surface area (Å²) in [7, 11) is 2.84. The zero-order valence-electron chi connectivity index (χ0n) is 43.3. The third kappa shape index (κ3) is 17.4. The Bertz CT molecular complexity index is 4060. The standard InChI is InChI=1S/C18H21N5O2.C13H10ClN3O2.C12H8ClN3O2.C8H6BrN.C5H4ClNO2/c1-21-17(24)9-16(22-8-4-7-15(20)12-22)23(18(21)25)11-14-6-3-2-5-13(14)10-19;1-16-12(18)6-11(14)17(13(16)19)8-10-5-3-2-4-9(10)7-15;13-10-5-11(17)15-12(18)16(10)7-9-4-2-1-3-8(9)6-14;9-5-7-3-1-2-4-8(7)6-10;6-3-1-4(8)7-5(9)2-3/h2-3,5-6,9,15H,4,7-8,11-12,20H2,1H3;2-6H,8H2,1H3;1-5H,7H2,(H,15,17,18);1-4H,5H2;1H,2H2,(H,7,8,9)/t15-;;;;/m1..../s1. The average Bonchev–Trinajstić information content (AvgIpc) is 3.52. The van der Waals surface area contributed by atoms with E-state index in [0.717, 1.165) is 56.6 Å². The van der Waals surface area contributed by atoms with Gasteiger partial charge in [0.25, 0.3) is 22.6 Å². The number of nitrogens with one attached hydrogen (secondary N) is 2. The van der Waals surface area contributed by atoms with Gasteiger partial charge in [-0.2, -0.15) is 21.0 Å². The van der Waals surface area contributed by atoms with Crippen molar-refractivity contribution in [3.05, 3.63) is 244 Å². The number of piperidine rings is 1. The molecule has 0 unspecified atom stereocenters. The van der Waals surface area contributed by atoms with E-state index < -0.39 is 34.1 Å². The fourth-order valence-corrected chi connectivity index (χ4v) is 9.01. The van der Waals surface area contributed by atoms with Gasteiger partial charge >= 0.3 is 17.1 Å². The maximum atomic E-state index is 12.7.